The molecule has 2 atom stereocenters. The molecule has 0 spiro atoms. The van der Waals surface area contributed by atoms with E-state index in [2.05, 4.69) is 48.0 Å². The van der Waals surface area contributed by atoms with E-state index in [0.717, 1.165) is 51.9 Å². The van der Waals surface area contributed by atoms with Gasteiger partial charge in [0.15, 0.2) is 0 Å². The number of hydrogen-bond acceptors (Lipinski definition) is 4. The van der Waals surface area contributed by atoms with Gasteiger partial charge < -0.3 is 19.4 Å². The van der Waals surface area contributed by atoms with Crippen LogP contribution in [0.4, 0.5) is 0 Å². The van der Waals surface area contributed by atoms with Crippen LogP contribution in [0.2, 0.25) is 0 Å². The van der Waals surface area contributed by atoms with Gasteiger partial charge in [0.05, 0.1) is 18.6 Å². The third-order valence-corrected chi connectivity index (χ3v) is 6.06. The Morgan fingerprint density at radius 3 is 2.44 bits per heavy atom. The van der Waals surface area contributed by atoms with Crippen molar-refractivity contribution in [1.82, 2.24) is 14.7 Å². The van der Waals surface area contributed by atoms with Gasteiger partial charge in [0.1, 0.15) is 0 Å². The second kappa shape index (κ2) is 9.67. The molecule has 0 aromatic heterocycles. The van der Waals surface area contributed by atoms with Crippen molar-refractivity contribution in [3.63, 3.8) is 0 Å². The van der Waals surface area contributed by atoms with Gasteiger partial charge in [-0.15, -0.1) is 0 Å². The summed E-state index contributed by atoms with van der Waals surface area (Å²) >= 11 is 0. The van der Waals surface area contributed by atoms with Crippen molar-refractivity contribution in [2.24, 2.45) is 5.92 Å². The number of carbonyl (C=O) groups excluding carboxylic acids is 1. The molecule has 27 heavy (non-hydrogen) atoms. The lowest BCUT2D eigenvalue weighted by Gasteiger charge is -2.34. The third kappa shape index (κ3) is 5.77. The molecule has 2 heterocycles. The van der Waals surface area contributed by atoms with E-state index < -0.39 is 0 Å². The number of rotatable bonds is 5. The van der Waals surface area contributed by atoms with Crippen molar-refractivity contribution < 1.29 is 9.53 Å². The molecule has 150 valence electrons. The molecule has 0 radical (unpaired) electrons. The number of nitrogens with zero attached hydrogens (tertiary/aromatic N) is 3. The predicted molar refractivity (Wildman–Crippen MR) is 109 cm³/mol. The molecule has 0 saturated carbocycles. The van der Waals surface area contributed by atoms with Crippen LogP contribution in [0.5, 0.6) is 0 Å². The number of hydrogen-bond donors (Lipinski definition) is 0. The van der Waals surface area contributed by atoms with Crippen LogP contribution in [0.25, 0.3) is 0 Å². The van der Waals surface area contributed by atoms with Gasteiger partial charge in [0.2, 0.25) is 5.91 Å². The first-order chi connectivity index (χ1) is 13.0. The lowest BCUT2D eigenvalue weighted by molar-refractivity contribution is -0.139. The standard InChI is InChI=1S/C22H35N3O2/c1-23(2)20-10-9-19(15-24(3)16-20)22(26)25-13-11-21(12-14-25)27-17-18-7-5-4-6-8-18/h4-8,19-21H,9-17H2,1-3H3/t19-,20+/m1/s1. The van der Waals surface area contributed by atoms with Crippen molar-refractivity contribution in [3.05, 3.63) is 35.9 Å². The molecule has 1 aromatic carbocycles. The molecule has 5 nitrogen and oxygen atoms in total. The highest BCUT2D eigenvalue weighted by Crippen LogP contribution is 2.23. The topological polar surface area (TPSA) is 36.0 Å². The van der Waals surface area contributed by atoms with E-state index in [4.69, 9.17) is 4.74 Å². The molecule has 0 bridgehead atoms. The molecule has 2 aliphatic heterocycles. The van der Waals surface area contributed by atoms with Crippen LogP contribution in [0.1, 0.15) is 31.2 Å². The Balaban J connectivity index is 1.45. The summed E-state index contributed by atoms with van der Waals surface area (Å²) in [5, 5.41) is 0. The van der Waals surface area contributed by atoms with E-state index in [1.165, 1.54) is 5.56 Å². The normalized spacial score (nSPS) is 25.6. The average Bonchev–Trinajstić information content (AvgIpc) is 2.89. The first-order valence-corrected chi connectivity index (χ1v) is 10.3. The molecule has 0 aliphatic carbocycles. The van der Waals surface area contributed by atoms with Gasteiger partial charge in [-0.2, -0.15) is 0 Å². The van der Waals surface area contributed by atoms with E-state index >= 15 is 0 Å². The number of benzene rings is 1. The molecule has 2 aliphatic rings. The summed E-state index contributed by atoms with van der Waals surface area (Å²) in [6.07, 6.45) is 4.26. The highest BCUT2D eigenvalue weighted by molar-refractivity contribution is 5.79. The maximum absolute atomic E-state index is 13.1. The van der Waals surface area contributed by atoms with Crippen LogP contribution in [-0.4, -0.2) is 80.1 Å². The van der Waals surface area contributed by atoms with Crippen molar-refractivity contribution >= 4 is 5.91 Å². The maximum Gasteiger partial charge on any atom is 0.226 e. The first kappa shape index (κ1) is 20.3. The average molecular weight is 374 g/mol. The molecule has 2 fully saturated rings. The number of likely N-dealkylation sites (tertiary alicyclic amines) is 2. The summed E-state index contributed by atoms with van der Waals surface area (Å²) in [6.45, 7) is 4.25. The van der Waals surface area contributed by atoms with E-state index in [-0.39, 0.29) is 12.0 Å². The molecule has 0 unspecified atom stereocenters. The van der Waals surface area contributed by atoms with Crippen LogP contribution < -0.4 is 0 Å². The Labute approximate surface area is 164 Å². The van der Waals surface area contributed by atoms with E-state index in [1.807, 2.05) is 18.2 Å². The summed E-state index contributed by atoms with van der Waals surface area (Å²) in [6, 6.07) is 10.9. The fourth-order valence-corrected chi connectivity index (χ4v) is 4.30. The van der Waals surface area contributed by atoms with Crippen molar-refractivity contribution in [1.29, 1.82) is 0 Å². The number of amides is 1. The minimum absolute atomic E-state index is 0.140. The van der Waals surface area contributed by atoms with Gasteiger partial charge in [-0.1, -0.05) is 30.3 Å². The molecule has 3 rings (SSSR count). The smallest absolute Gasteiger partial charge is 0.226 e. The Hall–Kier alpha value is -1.43. The fraction of sp³-hybridized carbons (Fsp3) is 0.682. The number of likely N-dealkylation sites (N-methyl/N-ethyl adjacent to an activating group) is 2. The zero-order chi connectivity index (χ0) is 19.2. The summed E-state index contributed by atoms with van der Waals surface area (Å²) in [7, 11) is 6.42. The van der Waals surface area contributed by atoms with Crippen LogP contribution in [0, 0.1) is 5.92 Å². The van der Waals surface area contributed by atoms with E-state index in [9.17, 15) is 4.79 Å². The monoisotopic (exact) mass is 373 g/mol. The Bertz CT molecular complexity index is 584. The summed E-state index contributed by atoms with van der Waals surface area (Å²) in [5.41, 5.74) is 1.22. The van der Waals surface area contributed by atoms with Gasteiger partial charge in [-0.3, -0.25) is 4.79 Å². The van der Waals surface area contributed by atoms with Crippen LogP contribution in [-0.2, 0) is 16.1 Å². The summed E-state index contributed by atoms with van der Waals surface area (Å²) < 4.78 is 6.07. The zero-order valence-electron chi connectivity index (χ0n) is 17.1. The highest BCUT2D eigenvalue weighted by Gasteiger charge is 2.32. The van der Waals surface area contributed by atoms with Gasteiger partial charge in [0, 0.05) is 32.2 Å². The van der Waals surface area contributed by atoms with Crippen molar-refractivity contribution in [3.8, 4) is 0 Å². The van der Waals surface area contributed by atoms with Crippen molar-refractivity contribution in [2.45, 2.75) is 44.4 Å². The second-order valence-corrected chi connectivity index (χ2v) is 8.43. The third-order valence-electron chi connectivity index (χ3n) is 6.06. The molecular formula is C22H35N3O2. The van der Waals surface area contributed by atoms with E-state index in [0.29, 0.717) is 18.6 Å². The Kier molecular flexibility index (Phi) is 7.27. The number of piperidine rings is 1. The molecule has 1 amide bonds. The number of ether oxygens (including phenoxy) is 1. The van der Waals surface area contributed by atoms with Gasteiger partial charge in [-0.05, 0) is 52.4 Å². The fourth-order valence-electron chi connectivity index (χ4n) is 4.30. The molecule has 5 heteroatoms. The maximum atomic E-state index is 13.1. The van der Waals surface area contributed by atoms with Gasteiger partial charge in [0.25, 0.3) is 0 Å². The van der Waals surface area contributed by atoms with E-state index in [1.54, 1.807) is 0 Å². The predicted octanol–water partition coefficient (Wildman–Crippen LogP) is 2.47. The van der Waals surface area contributed by atoms with Crippen LogP contribution >= 0.6 is 0 Å². The molecule has 1 aromatic rings. The second-order valence-electron chi connectivity index (χ2n) is 8.43. The zero-order valence-corrected chi connectivity index (χ0v) is 17.1. The minimum Gasteiger partial charge on any atom is -0.373 e. The summed E-state index contributed by atoms with van der Waals surface area (Å²) in [4.78, 5) is 19.8. The van der Waals surface area contributed by atoms with Gasteiger partial charge in [-0.25, -0.2) is 0 Å². The Morgan fingerprint density at radius 1 is 1.07 bits per heavy atom. The van der Waals surface area contributed by atoms with Crippen molar-refractivity contribution in [2.75, 3.05) is 47.3 Å². The quantitative estimate of drug-likeness (QED) is 0.794. The van der Waals surface area contributed by atoms with Crippen LogP contribution in [0.3, 0.4) is 0 Å². The lowest BCUT2D eigenvalue weighted by atomic mass is 9.98. The molecule has 2 saturated heterocycles. The first-order valence-electron chi connectivity index (χ1n) is 10.3. The van der Waals surface area contributed by atoms with Crippen LogP contribution in [0.15, 0.2) is 30.3 Å². The minimum atomic E-state index is 0.140. The Morgan fingerprint density at radius 2 is 1.78 bits per heavy atom. The van der Waals surface area contributed by atoms with Gasteiger partial charge >= 0.3 is 0 Å². The summed E-state index contributed by atoms with van der Waals surface area (Å²) in [5.74, 6) is 0.490. The number of carbonyl (C=O) groups is 1. The SMILES string of the molecule is CN1C[C@H](C(=O)N2CCC(OCc3ccccc3)CC2)CC[C@H](N(C)C)C1. The largest absolute Gasteiger partial charge is 0.373 e. The highest BCUT2D eigenvalue weighted by atomic mass is 16.5. The lowest BCUT2D eigenvalue weighted by Crippen LogP contribution is -2.45. The molecule has 0 N–H and O–H groups in total. The molecular weight excluding hydrogens is 338 g/mol.